The number of rotatable bonds is 6. The highest BCUT2D eigenvalue weighted by atomic mass is 19.4. The summed E-state index contributed by atoms with van der Waals surface area (Å²) < 4.78 is 50.3. The van der Waals surface area contributed by atoms with Crippen molar-refractivity contribution in [3.8, 4) is 17.6 Å². The van der Waals surface area contributed by atoms with E-state index in [0.717, 1.165) is 18.1 Å². The normalized spacial score (nSPS) is 13.4. The minimum absolute atomic E-state index is 0.283. The number of likely N-dealkylation sites (N-methyl/N-ethyl adjacent to an activating group) is 1. The first-order chi connectivity index (χ1) is 11.7. The van der Waals surface area contributed by atoms with Crippen LogP contribution in [0.15, 0.2) is 36.9 Å². The first-order valence-electron chi connectivity index (χ1n) is 7.33. The Morgan fingerprint density at radius 3 is 2.32 bits per heavy atom. The molecule has 1 rings (SSSR count). The largest absolute Gasteiger partial charge is 0.497 e. The number of alkyl halides is 3. The molecule has 0 radical (unpaired) electrons. The van der Waals surface area contributed by atoms with Crippen LogP contribution < -0.4 is 4.74 Å². The molecule has 0 bridgehead atoms. The van der Waals surface area contributed by atoms with E-state index in [1.807, 2.05) is 0 Å². The zero-order chi connectivity index (χ0) is 19.1. The van der Waals surface area contributed by atoms with E-state index in [2.05, 4.69) is 23.2 Å². The van der Waals surface area contributed by atoms with Crippen LogP contribution in [0.4, 0.5) is 13.2 Å². The summed E-state index contributed by atoms with van der Waals surface area (Å²) >= 11 is 0. The molecule has 4 nitrogen and oxygen atoms in total. The third-order valence-corrected chi connectivity index (χ3v) is 3.72. The summed E-state index contributed by atoms with van der Waals surface area (Å²) in [5.74, 6) is 4.66. The summed E-state index contributed by atoms with van der Waals surface area (Å²) in [6.45, 7) is 3.04. The van der Waals surface area contributed by atoms with E-state index in [1.54, 1.807) is 24.3 Å². The standard InChI is InChI=1S/C18H20F3NO3/c1-5-12-17(16(23)25-4,18(19,20)21)22(2)13-6-7-14-8-10-15(24-3)11-9-14/h5,8-11H,1,12-13H2,2-4H3. The van der Waals surface area contributed by atoms with Crippen molar-refractivity contribution in [1.29, 1.82) is 0 Å². The van der Waals surface area contributed by atoms with Gasteiger partial charge in [-0.3, -0.25) is 4.90 Å². The maximum Gasteiger partial charge on any atom is 0.417 e. The van der Waals surface area contributed by atoms with Gasteiger partial charge in [-0.1, -0.05) is 17.9 Å². The van der Waals surface area contributed by atoms with Gasteiger partial charge in [0.05, 0.1) is 20.8 Å². The second kappa shape index (κ2) is 8.58. The van der Waals surface area contributed by atoms with Crippen LogP contribution in [0, 0.1) is 11.8 Å². The lowest BCUT2D eigenvalue weighted by atomic mass is 9.92. The van der Waals surface area contributed by atoms with Crippen LogP contribution in [0.1, 0.15) is 12.0 Å². The zero-order valence-corrected chi connectivity index (χ0v) is 14.3. The van der Waals surface area contributed by atoms with Gasteiger partial charge in [0.15, 0.2) is 0 Å². The molecule has 0 saturated heterocycles. The Kier molecular flexibility index (Phi) is 7.07. The summed E-state index contributed by atoms with van der Waals surface area (Å²) in [5.41, 5.74) is -2.20. The first-order valence-corrected chi connectivity index (χ1v) is 7.33. The Hall–Kier alpha value is -2.46. The molecule has 0 spiro atoms. The number of methoxy groups -OCH3 is 2. The number of esters is 1. The van der Waals surface area contributed by atoms with Gasteiger partial charge in [0, 0.05) is 12.0 Å². The highest BCUT2D eigenvalue weighted by Gasteiger charge is 2.63. The molecule has 1 aromatic rings. The lowest BCUT2D eigenvalue weighted by Crippen LogP contribution is -2.63. The van der Waals surface area contributed by atoms with Crippen molar-refractivity contribution in [3.05, 3.63) is 42.5 Å². The Labute approximate surface area is 145 Å². The molecule has 0 N–H and O–H groups in total. The van der Waals surface area contributed by atoms with E-state index in [9.17, 15) is 18.0 Å². The summed E-state index contributed by atoms with van der Waals surface area (Å²) in [6.07, 6.45) is -4.44. The number of nitrogens with zero attached hydrogens (tertiary/aromatic N) is 1. The van der Waals surface area contributed by atoms with Crippen LogP contribution in [0.25, 0.3) is 0 Å². The summed E-state index contributed by atoms with van der Waals surface area (Å²) in [5, 5.41) is 0. The Morgan fingerprint density at radius 2 is 1.88 bits per heavy atom. The Morgan fingerprint density at radius 1 is 1.28 bits per heavy atom. The van der Waals surface area contributed by atoms with E-state index >= 15 is 0 Å². The fourth-order valence-corrected chi connectivity index (χ4v) is 2.29. The minimum atomic E-state index is -4.84. The van der Waals surface area contributed by atoms with Crippen LogP contribution in [0.2, 0.25) is 0 Å². The number of carbonyl (C=O) groups excluding carboxylic acids is 1. The number of ether oxygens (including phenoxy) is 2. The molecular formula is C18H20F3NO3. The molecule has 25 heavy (non-hydrogen) atoms. The molecule has 1 unspecified atom stereocenters. The van der Waals surface area contributed by atoms with Crippen LogP contribution in [0.3, 0.4) is 0 Å². The van der Waals surface area contributed by atoms with Crippen LogP contribution in [0.5, 0.6) is 5.75 Å². The van der Waals surface area contributed by atoms with Gasteiger partial charge < -0.3 is 9.47 Å². The average Bonchev–Trinajstić information content (AvgIpc) is 2.58. The molecule has 0 aliphatic heterocycles. The van der Waals surface area contributed by atoms with E-state index in [1.165, 1.54) is 14.2 Å². The SMILES string of the molecule is C=CCC(C(=O)OC)(N(C)CC#Cc1ccc(OC)cc1)C(F)(F)F. The van der Waals surface area contributed by atoms with Crippen molar-refractivity contribution >= 4 is 5.97 Å². The lowest BCUT2D eigenvalue weighted by molar-refractivity contribution is -0.234. The number of carbonyl (C=O) groups is 1. The van der Waals surface area contributed by atoms with Crippen molar-refractivity contribution in [2.75, 3.05) is 27.8 Å². The van der Waals surface area contributed by atoms with E-state index < -0.39 is 24.1 Å². The monoisotopic (exact) mass is 355 g/mol. The van der Waals surface area contributed by atoms with E-state index in [-0.39, 0.29) is 6.54 Å². The van der Waals surface area contributed by atoms with E-state index in [0.29, 0.717) is 11.3 Å². The molecule has 0 saturated carbocycles. The molecular weight excluding hydrogens is 335 g/mol. The molecule has 0 aromatic heterocycles. The summed E-state index contributed by atoms with van der Waals surface area (Å²) in [7, 11) is 3.62. The number of hydrogen-bond acceptors (Lipinski definition) is 4. The van der Waals surface area contributed by atoms with Crippen LogP contribution in [-0.4, -0.2) is 50.4 Å². The molecule has 0 fully saturated rings. The van der Waals surface area contributed by atoms with Gasteiger partial charge in [0.2, 0.25) is 5.54 Å². The molecule has 1 atom stereocenters. The second-order valence-electron chi connectivity index (χ2n) is 5.23. The third kappa shape index (κ3) is 4.54. The quantitative estimate of drug-likeness (QED) is 0.447. The molecule has 136 valence electrons. The van der Waals surface area contributed by atoms with E-state index in [4.69, 9.17) is 4.74 Å². The third-order valence-electron chi connectivity index (χ3n) is 3.72. The molecule has 0 amide bonds. The van der Waals surface area contributed by atoms with Crippen molar-refractivity contribution in [3.63, 3.8) is 0 Å². The smallest absolute Gasteiger partial charge is 0.417 e. The Bertz CT molecular complexity index is 659. The highest BCUT2D eigenvalue weighted by molar-refractivity contribution is 5.82. The van der Waals surface area contributed by atoms with Gasteiger partial charge in [-0.2, -0.15) is 13.2 Å². The summed E-state index contributed by atoms with van der Waals surface area (Å²) in [6, 6.07) is 6.76. The maximum absolute atomic E-state index is 13.6. The molecule has 0 aliphatic rings. The summed E-state index contributed by atoms with van der Waals surface area (Å²) in [4.78, 5) is 12.8. The Balaban J connectivity index is 3.06. The minimum Gasteiger partial charge on any atom is -0.497 e. The van der Waals surface area contributed by atoms with Crippen molar-refractivity contribution in [1.82, 2.24) is 4.90 Å². The maximum atomic E-state index is 13.6. The zero-order valence-electron chi connectivity index (χ0n) is 14.3. The molecule has 0 aliphatic carbocycles. The molecule has 0 heterocycles. The van der Waals surface area contributed by atoms with Gasteiger partial charge >= 0.3 is 12.1 Å². The van der Waals surface area contributed by atoms with Crippen molar-refractivity contribution < 1.29 is 27.4 Å². The number of benzene rings is 1. The predicted octanol–water partition coefficient (Wildman–Crippen LogP) is 3.03. The average molecular weight is 355 g/mol. The van der Waals surface area contributed by atoms with Gasteiger partial charge in [0.1, 0.15) is 5.75 Å². The van der Waals surface area contributed by atoms with Crippen molar-refractivity contribution in [2.45, 2.75) is 18.1 Å². The van der Waals surface area contributed by atoms with Crippen LogP contribution in [-0.2, 0) is 9.53 Å². The fourth-order valence-electron chi connectivity index (χ4n) is 2.29. The topological polar surface area (TPSA) is 38.8 Å². The number of halogens is 3. The van der Waals surface area contributed by atoms with Gasteiger partial charge in [0.25, 0.3) is 0 Å². The predicted molar refractivity (Wildman–Crippen MR) is 88.1 cm³/mol. The second-order valence-corrected chi connectivity index (χ2v) is 5.23. The van der Waals surface area contributed by atoms with Gasteiger partial charge in [-0.05, 0) is 31.3 Å². The first kappa shape index (κ1) is 20.6. The lowest BCUT2D eigenvalue weighted by Gasteiger charge is -2.38. The molecule has 1 aromatic carbocycles. The van der Waals surface area contributed by atoms with Crippen molar-refractivity contribution in [2.24, 2.45) is 0 Å². The number of hydrogen-bond donors (Lipinski definition) is 0. The molecule has 7 heteroatoms. The van der Waals surface area contributed by atoms with Crippen LogP contribution >= 0.6 is 0 Å². The fraction of sp³-hybridized carbons (Fsp3) is 0.389. The van der Waals surface area contributed by atoms with Gasteiger partial charge in [-0.15, -0.1) is 6.58 Å². The van der Waals surface area contributed by atoms with Gasteiger partial charge in [-0.25, -0.2) is 4.79 Å². The highest BCUT2D eigenvalue weighted by Crippen LogP contribution is 2.39.